The van der Waals surface area contributed by atoms with Crippen LogP contribution in [0.5, 0.6) is 5.75 Å². The molecule has 3 unspecified atom stereocenters. The van der Waals surface area contributed by atoms with Crippen LogP contribution in [0.15, 0.2) is 35.9 Å². The molecular formula is C24H38O. The summed E-state index contributed by atoms with van der Waals surface area (Å²) in [6.45, 7) is 14.7. The van der Waals surface area contributed by atoms with Crippen molar-refractivity contribution in [2.24, 2.45) is 5.92 Å². The van der Waals surface area contributed by atoms with Gasteiger partial charge in [0.15, 0.2) is 0 Å². The van der Waals surface area contributed by atoms with E-state index in [1.165, 1.54) is 17.6 Å². The highest BCUT2D eigenvalue weighted by molar-refractivity contribution is 5.30. The van der Waals surface area contributed by atoms with E-state index >= 15 is 0 Å². The minimum Gasteiger partial charge on any atom is -0.490 e. The number of allylic oxidation sites excluding steroid dienone is 1. The summed E-state index contributed by atoms with van der Waals surface area (Å²) in [4.78, 5) is 0. The molecule has 1 aliphatic carbocycles. The van der Waals surface area contributed by atoms with Gasteiger partial charge in [-0.1, -0.05) is 72.1 Å². The molecular weight excluding hydrogens is 304 g/mol. The third-order valence-electron chi connectivity index (χ3n) is 4.70. The van der Waals surface area contributed by atoms with Gasteiger partial charge in [0, 0.05) is 5.92 Å². The van der Waals surface area contributed by atoms with Crippen molar-refractivity contribution in [2.75, 3.05) is 0 Å². The first-order chi connectivity index (χ1) is 12.2. The zero-order valence-corrected chi connectivity index (χ0v) is 17.4. The van der Waals surface area contributed by atoms with Gasteiger partial charge in [-0.2, -0.15) is 0 Å². The highest BCUT2D eigenvalue weighted by atomic mass is 16.5. The van der Waals surface area contributed by atoms with E-state index in [0.717, 1.165) is 25.0 Å². The van der Waals surface area contributed by atoms with E-state index in [2.05, 4.69) is 51.0 Å². The van der Waals surface area contributed by atoms with E-state index in [1.807, 2.05) is 33.8 Å². The number of benzene rings is 1. The maximum atomic E-state index is 6.21. The van der Waals surface area contributed by atoms with Crippen molar-refractivity contribution in [1.82, 2.24) is 0 Å². The molecule has 0 spiro atoms. The predicted molar refractivity (Wildman–Crippen MR) is 112 cm³/mol. The van der Waals surface area contributed by atoms with Crippen LogP contribution in [-0.2, 0) is 0 Å². The Morgan fingerprint density at radius 2 is 1.76 bits per heavy atom. The standard InChI is InChI=1S/C20H26O.2C2H6/c1-5-8-17-11-14-20(19(17)7-3)21-18-12-9-16(10-13-18)15(4)6-2;2*1-2/h1,8-10,12-13,15,19-20H,6-7,11,14H2,2-4H3;2*1-2H3/b17-8-;;. The van der Waals surface area contributed by atoms with Crippen LogP contribution in [0.25, 0.3) is 0 Å². The Kier molecular flexibility index (Phi) is 12.7. The minimum absolute atomic E-state index is 0.268. The lowest BCUT2D eigenvalue weighted by Crippen LogP contribution is -2.21. The fourth-order valence-corrected chi connectivity index (χ4v) is 3.17. The monoisotopic (exact) mass is 342 g/mol. The molecule has 3 atom stereocenters. The molecule has 1 fully saturated rings. The van der Waals surface area contributed by atoms with Crippen molar-refractivity contribution >= 4 is 0 Å². The van der Waals surface area contributed by atoms with Crippen LogP contribution in [0, 0.1) is 18.3 Å². The van der Waals surface area contributed by atoms with Crippen LogP contribution in [0.4, 0.5) is 0 Å². The summed E-state index contributed by atoms with van der Waals surface area (Å²) in [5.74, 6) is 4.72. The molecule has 0 aliphatic heterocycles. The van der Waals surface area contributed by atoms with Crippen LogP contribution in [0.3, 0.4) is 0 Å². The molecule has 0 N–H and O–H groups in total. The third-order valence-corrected chi connectivity index (χ3v) is 4.70. The summed E-state index contributed by atoms with van der Waals surface area (Å²) in [6, 6.07) is 8.60. The molecule has 0 radical (unpaired) electrons. The second kappa shape index (κ2) is 13.6. The minimum atomic E-state index is 0.268. The molecule has 0 amide bonds. The SMILES string of the molecule is C#C/C=C1/CCC(Oc2ccc(C(C)CC)cc2)C1CC.CC.CC. The van der Waals surface area contributed by atoms with Crippen molar-refractivity contribution in [3.63, 3.8) is 0 Å². The van der Waals surface area contributed by atoms with Crippen molar-refractivity contribution in [3.8, 4) is 18.1 Å². The quantitative estimate of drug-likeness (QED) is 0.507. The summed E-state index contributed by atoms with van der Waals surface area (Å²) >= 11 is 0. The Hall–Kier alpha value is -1.68. The van der Waals surface area contributed by atoms with E-state index in [-0.39, 0.29) is 6.10 Å². The summed E-state index contributed by atoms with van der Waals surface area (Å²) in [5, 5.41) is 0. The van der Waals surface area contributed by atoms with Gasteiger partial charge in [-0.25, -0.2) is 0 Å². The summed E-state index contributed by atoms with van der Waals surface area (Å²) < 4.78 is 6.21. The van der Waals surface area contributed by atoms with Crippen LogP contribution in [-0.4, -0.2) is 6.10 Å². The number of rotatable bonds is 5. The van der Waals surface area contributed by atoms with Gasteiger partial charge in [-0.15, -0.1) is 6.42 Å². The Bertz CT molecular complexity index is 518. The van der Waals surface area contributed by atoms with E-state index in [1.54, 1.807) is 0 Å². The molecule has 0 aromatic heterocycles. The lowest BCUT2D eigenvalue weighted by atomic mass is 9.97. The van der Waals surface area contributed by atoms with Gasteiger partial charge in [-0.05, 0) is 55.4 Å². The molecule has 1 aliphatic rings. The van der Waals surface area contributed by atoms with Gasteiger partial charge in [0.2, 0.25) is 0 Å². The van der Waals surface area contributed by atoms with Crippen LogP contribution in [0.2, 0.25) is 0 Å². The van der Waals surface area contributed by atoms with E-state index in [0.29, 0.717) is 11.8 Å². The first kappa shape index (κ1) is 23.3. The molecule has 1 aromatic rings. The lowest BCUT2D eigenvalue weighted by Gasteiger charge is -2.21. The molecule has 1 aromatic carbocycles. The highest BCUT2D eigenvalue weighted by Crippen LogP contribution is 2.36. The average Bonchev–Trinajstić information content (AvgIpc) is 3.06. The van der Waals surface area contributed by atoms with Crippen molar-refractivity contribution in [1.29, 1.82) is 0 Å². The maximum absolute atomic E-state index is 6.21. The number of hydrogen-bond acceptors (Lipinski definition) is 1. The van der Waals surface area contributed by atoms with E-state index in [9.17, 15) is 0 Å². The van der Waals surface area contributed by atoms with Gasteiger partial charge < -0.3 is 4.74 Å². The lowest BCUT2D eigenvalue weighted by molar-refractivity contribution is 0.166. The number of hydrogen-bond donors (Lipinski definition) is 0. The molecule has 0 bridgehead atoms. The Morgan fingerprint density at radius 1 is 1.16 bits per heavy atom. The first-order valence-corrected chi connectivity index (χ1v) is 10.1. The number of ether oxygens (including phenoxy) is 1. The molecule has 1 heteroatoms. The molecule has 25 heavy (non-hydrogen) atoms. The molecule has 0 heterocycles. The van der Waals surface area contributed by atoms with Crippen molar-refractivity contribution < 1.29 is 4.74 Å². The smallest absolute Gasteiger partial charge is 0.119 e. The van der Waals surface area contributed by atoms with Gasteiger partial charge in [-0.3, -0.25) is 0 Å². The van der Waals surface area contributed by atoms with E-state index in [4.69, 9.17) is 11.2 Å². The van der Waals surface area contributed by atoms with E-state index < -0.39 is 0 Å². The van der Waals surface area contributed by atoms with Gasteiger partial charge >= 0.3 is 0 Å². The van der Waals surface area contributed by atoms with Crippen molar-refractivity contribution in [2.45, 2.75) is 86.2 Å². The molecule has 1 saturated carbocycles. The Labute approximate surface area is 156 Å². The molecule has 2 rings (SSSR count). The molecule has 140 valence electrons. The highest BCUT2D eigenvalue weighted by Gasteiger charge is 2.31. The van der Waals surface area contributed by atoms with Crippen LogP contribution >= 0.6 is 0 Å². The zero-order valence-electron chi connectivity index (χ0n) is 17.4. The molecule has 0 saturated heterocycles. The third kappa shape index (κ3) is 6.99. The Balaban J connectivity index is 0.00000134. The summed E-state index contributed by atoms with van der Waals surface area (Å²) in [5.41, 5.74) is 2.76. The second-order valence-electron chi connectivity index (χ2n) is 5.97. The fourth-order valence-electron chi connectivity index (χ4n) is 3.17. The normalized spacial score (nSPS) is 21.3. The first-order valence-electron chi connectivity index (χ1n) is 10.1. The summed E-state index contributed by atoms with van der Waals surface area (Å²) in [6.07, 6.45) is 12.0. The summed E-state index contributed by atoms with van der Waals surface area (Å²) in [7, 11) is 0. The second-order valence-corrected chi connectivity index (χ2v) is 5.97. The fraction of sp³-hybridized carbons (Fsp3) is 0.583. The van der Waals surface area contributed by atoms with Crippen molar-refractivity contribution in [3.05, 3.63) is 41.5 Å². The zero-order chi connectivity index (χ0) is 19.2. The average molecular weight is 343 g/mol. The van der Waals surface area contributed by atoms with Gasteiger partial charge in [0.25, 0.3) is 0 Å². The number of terminal acetylenes is 1. The topological polar surface area (TPSA) is 9.23 Å². The van der Waals surface area contributed by atoms with Gasteiger partial charge in [0.1, 0.15) is 11.9 Å². The van der Waals surface area contributed by atoms with Crippen LogP contribution in [0.1, 0.15) is 85.6 Å². The largest absolute Gasteiger partial charge is 0.490 e. The predicted octanol–water partition coefficient (Wildman–Crippen LogP) is 7.38. The Morgan fingerprint density at radius 3 is 2.24 bits per heavy atom. The maximum Gasteiger partial charge on any atom is 0.119 e. The van der Waals surface area contributed by atoms with Crippen LogP contribution < -0.4 is 4.74 Å². The molecule has 1 nitrogen and oxygen atoms in total. The van der Waals surface area contributed by atoms with Gasteiger partial charge in [0.05, 0.1) is 0 Å².